The Labute approximate surface area is 152 Å². The quantitative estimate of drug-likeness (QED) is 0.730. The number of carbonyl (C=O) groups excluding carboxylic acids is 3. The number of amides is 4. The molecule has 2 aliphatic heterocycles. The number of imide groups is 2. The van der Waals surface area contributed by atoms with Gasteiger partial charge in [-0.1, -0.05) is 36.9 Å². The van der Waals surface area contributed by atoms with Crippen LogP contribution in [0.3, 0.4) is 0 Å². The van der Waals surface area contributed by atoms with Gasteiger partial charge in [-0.15, -0.1) is 0 Å². The summed E-state index contributed by atoms with van der Waals surface area (Å²) in [7, 11) is 2.04. The Morgan fingerprint density at radius 2 is 1.81 bits per heavy atom. The van der Waals surface area contributed by atoms with Gasteiger partial charge in [0, 0.05) is 31.9 Å². The van der Waals surface area contributed by atoms with Gasteiger partial charge in [0.2, 0.25) is 11.8 Å². The third-order valence-corrected chi connectivity index (χ3v) is 4.59. The first-order valence-corrected chi connectivity index (χ1v) is 8.55. The minimum atomic E-state index is -1.13. The molecule has 2 saturated heterocycles. The largest absolute Gasteiger partial charge is 0.331 e. The first-order valence-electron chi connectivity index (χ1n) is 8.55. The number of rotatable bonds is 5. The molecule has 1 atom stereocenters. The maximum atomic E-state index is 12.8. The summed E-state index contributed by atoms with van der Waals surface area (Å²) in [5, 5.41) is 4.19. The monoisotopic (exact) mass is 357 g/mol. The van der Waals surface area contributed by atoms with Crippen LogP contribution in [0.2, 0.25) is 0 Å². The zero-order valence-electron chi connectivity index (χ0n) is 14.8. The van der Waals surface area contributed by atoms with E-state index in [1.807, 2.05) is 42.4 Å². The number of hydrogen-bond donors (Lipinski definition) is 2. The fourth-order valence-electron chi connectivity index (χ4n) is 3.02. The van der Waals surface area contributed by atoms with Gasteiger partial charge in [0.05, 0.1) is 6.54 Å². The number of barbiturate groups is 1. The lowest BCUT2D eigenvalue weighted by atomic mass is 10.0. The van der Waals surface area contributed by atoms with Crippen LogP contribution in [-0.4, -0.2) is 65.9 Å². The number of urea groups is 1. The average molecular weight is 357 g/mol. The molecular weight excluding hydrogens is 334 g/mol. The Morgan fingerprint density at radius 3 is 2.46 bits per heavy atom. The molecule has 0 unspecified atom stereocenters. The Hall–Kier alpha value is -2.71. The fourth-order valence-corrected chi connectivity index (χ4v) is 3.02. The van der Waals surface area contributed by atoms with E-state index in [0.717, 1.165) is 36.6 Å². The lowest BCUT2D eigenvalue weighted by Crippen LogP contribution is -2.60. The molecule has 4 amide bonds. The van der Waals surface area contributed by atoms with Crippen molar-refractivity contribution in [3.8, 4) is 0 Å². The lowest BCUT2D eigenvalue weighted by molar-refractivity contribution is -0.141. The summed E-state index contributed by atoms with van der Waals surface area (Å²) in [6.07, 6.45) is 0. The van der Waals surface area contributed by atoms with Crippen LogP contribution in [0.15, 0.2) is 42.6 Å². The van der Waals surface area contributed by atoms with E-state index in [4.69, 9.17) is 0 Å². The highest BCUT2D eigenvalue weighted by molar-refractivity contribution is 6.17. The summed E-state index contributed by atoms with van der Waals surface area (Å²) in [4.78, 5) is 40.4. The molecule has 138 valence electrons. The van der Waals surface area contributed by atoms with Crippen molar-refractivity contribution in [1.82, 2.24) is 25.6 Å². The van der Waals surface area contributed by atoms with Gasteiger partial charge in [0.15, 0.2) is 5.92 Å². The molecule has 0 spiro atoms. The number of nitrogens with zero attached hydrogens (tertiary/aromatic N) is 3. The predicted octanol–water partition coefficient (Wildman–Crippen LogP) is 0.147. The molecule has 0 aliphatic carbocycles. The van der Waals surface area contributed by atoms with Gasteiger partial charge in [0.25, 0.3) is 0 Å². The van der Waals surface area contributed by atoms with Crippen LogP contribution >= 0.6 is 0 Å². The van der Waals surface area contributed by atoms with Gasteiger partial charge in [-0.05, 0) is 12.6 Å². The van der Waals surface area contributed by atoms with E-state index >= 15 is 0 Å². The van der Waals surface area contributed by atoms with Crippen LogP contribution in [0.1, 0.15) is 5.56 Å². The van der Waals surface area contributed by atoms with E-state index in [9.17, 15) is 14.4 Å². The molecule has 1 aromatic rings. The SMILES string of the molecule is C=C(NN1CCN(C)CC1)[C@@H]1C(=O)NC(=O)N(Cc2ccccc2)C1=O. The summed E-state index contributed by atoms with van der Waals surface area (Å²) in [6.45, 7) is 7.25. The van der Waals surface area contributed by atoms with Crippen LogP contribution in [0.4, 0.5) is 4.79 Å². The molecule has 2 heterocycles. The maximum Gasteiger partial charge on any atom is 0.331 e. The van der Waals surface area contributed by atoms with Gasteiger partial charge < -0.3 is 10.3 Å². The summed E-state index contributed by atoms with van der Waals surface area (Å²) >= 11 is 0. The molecule has 26 heavy (non-hydrogen) atoms. The second-order valence-electron chi connectivity index (χ2n) is 6.56. The molecule has 0 bridgehead atoms. The molecule has 2 fully saturated rings. The van der Waals surface area contributed by atoms with Crippen molar-refractivity contribution < 1.29 is 14.4 Å². The van der Waals surface area contributed by atoms with Crippen molar-refractivity contribution in [3.63, 3.8) is 0 Å². The number of likely N-dealkylation sites (N-methyl/N-ethyl adjacent to an activating group) is 1. The Kier molecular flexibility index (Phi) is 5.34. The lowest BCUT2D eigenvalue weighted by Gasteiger charge is -2.36. The minimum Gasteiger partial charge on any atom is -0.322 e. The maximum absolute atomic E-state index is 12.8. The summed E-state index contributed by atoms with van der Waals surface area (Å²) < 4.78 is 0. The number of piperazine rings is 1. The normalized spacial score (nSPS) is 22.3. The number of nitrogens with one attached hydrogen (secondary N) is 2. The topological polar surface area (TPSA) is 85.0 Å². The highest BCUT2D eigenvalue weighted by Gasteiger charge is 2.42. The molecule has 8 nitrogen and oxygen atoms in total. The molecule has 8 heteroatoms. The van der Waals surface area contributed by atoms with Crippen LogP contribution in [0.25, 0.3) is 0 Å². The van der Waals surface area contributed by atoms with Crippen LogP contribution in [0, 0.1) is 5.92 Å². The zero-order chi connectivity index (χ0) is 18.7. The Balaban J connectivity index is 1.69. The number of hydrazine groups is 1. The summed E-state index contributed by atoms with van der Waals surface area (Å²) in [5.41, 5.74) is 4.15. The van der Waals surface area contributed by atoms with E-state index in [1.54, 1.807) is 0 Å². The zero-order valence-corrected chi connectivity index (χ0v) is 14.8. The third-order valence-electron chi connectivity index (χ3n) is 4.59. The average Bonchev–Trinajstić information content (AvgIpc) is 2.61. The summed E-state index contributed by atoms with van der Waals surface area (Å²) in [5.74, 6) is -2.33. The smallest absolute Gasteiger partial charge is 0.322 e. The second kappa shape index (κ2) is 7.67. The van der Waals surface area contributed by atoms with E-state index in [-0.39, 0.29) is 12.2 Å². The van der Waals surface area contributed by atoms with Crippen molar-refractivity contribution in [2.45, 2.75) is 6.54 Å². The van der Waals surface area contributed by atoms with Gasteiger partial charge in [0.1, 0.15) is 0 Å². The first-order chi connectivity index (χ1) is 12.5. The van der Waals surface area contributed by atoms with Crippen molar-refractivity contribution in [3.05, 3.63) is 48.2 Å². The molecule has 0 aromatic heterocycles. The van der Waals surface area contributed by atoms with Gasteiger partial charge in [-0.2, -0.15) is 0 Å². The number of benzene rings is 1. The van der Waals surface area contributed by atoms with Gasteiger partial charge in [-0.25, -0.2) is 9.80 Å². The Bertz CT molecular complexity index is 713. The highest BCUT2D eigenvalue weighted by atomic mass is 16.2. The summed E-state index contributed by atoms with van der Waals surface area (Å²) in [6, 6.07) is 8.46. The van der Waals surface area contributed by atoms with Crippen molar-refractivity contribution >= 4 is 17.8 Å². The molecular formula is C18H23N5O3. The highest BCUT2D eigenvalue weighted by Crippen LogP contribution is 2.19. The van der Waals surface area contributed by atoms with E-state index in [2.05, 4.69) is 22.2 Å². The molecule has 1 aromatic carbocycles. The van der Waals surface area contributed by atoms with Crippen LogP contribution < -0.4 is 10.7 Å². The Morgan fingerprint density at radius 1 is 1.15 bits per heavy atom. The molecule has 2 aliphatic rings. The molecule has 2 N–H and O–H groups in total. The van der Waals surface area contributed by atoms with Crippen molar-refractivity contribution in [1.29, 1.82) is 0 Å². The van der Waals surface area contributed by atoms with E-state index in [0.29, 0.717) is 0 Å². The second-order valence-corrected chi connectivity index (χ2v) is 6.56. The fraction of sp³-hybridized carbons (Fsp3) is 0.389. The standard InChI is InChI=1S/C18H23N5O3/c1-13(20-22-10-8-21(2)9-11-22)15-16(24)19-18(26)23(17(15)25)12-14-6-4-3-5-7-14/h3-7,15,20H,1,8-12H2,2H3,(H,19,24,26)/t15-/m1/s1. The number of hydrogen-bond acceptors (Lipinski definition) is 6. The predicted molar refractivity (Wildman–Crippen MR) is 95.4 cm³/mol. The number of carbonyl (C=O) groups is 3. The third kappa shape index (κ3) is 3.92. The van der Waals surface area contributed by atoms with Crippen molar-refractivity contribution in [2.75, 3.05) is 33.2 Å². The van der Waals surface area contributed by atoms with Crippen molar-refractivity contribution in [2.24, 2.45) is 5.92 Å². The van der Waals surface area contributed by atoms with Gasteiger partial charge in [-0.3, -0.25) is 19.8 Å². The van der Waals surface area contributed by atoms with E-state index in [1.165, 1.54) is 0 Å². The first kappa shape index (κ1) is 18.1. The van der Waals surface area contributed by atoms with Crippen LogP contribution in [0.5, 0.6) is 0 Å². The molecule has 0 radical (unpaired) electrons. The molecule has 3 rings (SSSR count). The van der Waals surface area contributed by atoms with E-state index < -0.39 is 23.8 Å². The minimum absolute atomic E-state index is 0.108. The van der Waals surface area contributed by atoms with Gasteiger partial charge >= 0.3 is 6.03 Å². The van der Waals surface area contributed by atoms with Crippen LogP contribution in [-0.2, 0) is 16.1 Å². The molecule has 0 saturated carbocycles.